The molecule has 0 aromatic heterocycles. The summed E-state index contributed by atoms with van der Waals surface area (Å²) in [6, 6.07) is 12.8. The molecule has 1 atom stereocenters. The minimum atomic E-state index is -0.454. The maximum absolute atomic E-state index is 13.1. The number of amides is 2. The lowest BCUT2D eigenvalue weighted by molar-refractivity contribution is -0.123. The average molecular weight is 388 g/mol. The highest BCUT2D eigenvalue weighted by Gasteiger charge is 2.43. The van der Waals surface area contributed by atoms with Gasteiger partial charge in [-0.3, -0.25) is 14.5 Å². The first kappa shape index (κ1) is 17.9. The number of hydrogen-bond acceptors (Lipinski definition) is 4. The van der Waals surface area contributed by atoms with Gasteiger partial charge in [0.05, 0.1) is 23.2 Å². The van der Waals surface area contributed by atoms with Gasteiger partial charge < -0.3 is 4.90 Å². The molecule has 0 N–H and O–H groups in total. The van der Waals surface area contributed by atoms with Crippen molar-refractivity contribution in [1.82, 2.24) is 4.90 Å². The van der Waals surface area contributed by atoms with E-state index >= 15 is 0 Å². The molecule has 2 heterocycles. The smallest absolute Gasteiger partial charge is 0.251 e. The van der Waals surface area contributed by atoms with E-state index in [1.54, 1.807) is 36.4 Å². The summed E-state index contributed by atoms with van der Waals surface area (Å²) in [6.07, 6.45) is 0.167. The summed E-state index contributed by atoms with van der Waals surface area (Å²) in [4.78, 5) is 30.8. The van der Waals surface area contributed by atoms with Crippen LogP contribution in [0, 0.1) is 5.82 Å². The van der Waals surface area contributed by atoms with Crippen LogP contribution in [0.25, 0.3) is 0 Å². The molecular formula is C20H19ClFN3O2. The Balaban J connectivity index is 1.45. The molecule has 2 saturated heterocycles. The Bertz CT molecular complexity index is 866. The summed E-state index contributed by atoms with van der Waals surface area (Å²) in [5.74, 6) is -0.700. The Kier molecular flexibility index (Phi) is 4.85. The molecule has 0 aliphatic carbocycles. The fraction of sp³-hybridized carbons (Fsp3) is 0.300. The van der Waals surface area contributed by atoms with E-state index in [-0.39, 0.29) is 24.1 Å². The fourth-order valence-electron chi connectivity index (χ4n) is 3.73. The van der Waals surface area contributed by atoms with Crippen LogP contribution >= 0.6 is 11.6 Å². The second-order valence-corrected chi connectivity index (χ2v) is 7.15. The highest BCUT2D eigenvalue weighted by molar-refractivity contribution is 6.36. The van der Waals surface area contributed by atoms with Crippen molar-refractivity contribution < 1.29 is 14.0 Å². The maximum Gasteiger partial charge on any atom is 0.251 e. The van der Waals surface area contributed by atoms with E-state index in [2.05, 4.69) is 9.80 Å². The third-order valence-corrected chi connectivity index (χ3v) is 5.48. The van der Waals surface area contributed by atoms with Gasteiger partial charge in [-0.05, 0) is 36.4 Å². The topological polar surface area (TPSA) is 43.9 Å². The first-order chi connectivity index (χ1) is 13.0. The lowest BCUT2D eigenvalue weighted by Gasteiger charge is -2.38. The van der Waals surface area contributed by atoms with Crippen molar-refractivity contribution in [2.24, 2.45) is 0 Å². The third-order valence-electron chi connectivity index (χ3n) is 5.16. The molecule has 140 valence electrons. The molecule has 2 fully saturated rings. The van der Waals surface area contributed by atoms with Gasteiger partial charge >= 0.3 is 0 Å². The van der Waals surface area contributed by atoms with Gasteiger partial charge in [-0.2, -0.15) is 0 Å². The van der Waals surface area contributed by atoms with Crippen LogP contribution in [0.3, 0.4) is 0 Å². The Morgan fingerprint density at radius 1 is 0.926 bits per heavy atom. The van der Waals surface area contributed by atoms with Crippen molar-refractivity contribution in [3.05, 3.63) is 59.4 Å². The number of anilines is 2. The van der Waals surface area contributed by atoms with Crippen LogP contribution in [0.15, 0.2) is 48.5 Å². The number of hydrogen-bond donors (Lipinski definition) is 0. The molecule has 2 amide bonds. The Morgan fingerprint density at radius 2 is 1.59 bits per heavy atom. The third kappa shape index (κ3) is 3.42. The number of imide groups is 1. The molecule has 0 radical (unpaired) electrons. The number of para-hydroxylation sites is 1. The predicted octanol–water partition coefficient (Wildman–Crippen LogP) is 2.93. The van der Waals surface area contributed by atoms with E-state index in [4.69, 9.17) is 11.6 Å². The number of nitrogens with zero attached hydrogens (tertiary/aromatic N) is 3. The molecule has 0 bridgehead atoms. The van der Waals surface area contributed by atoms with Crippen molar-refractivity contribution in [2.75, 3.05) is 36.0 Å². The molecular weight excluding hydrogens is 369 g/mol. The van der Waals surface area contributed by atoms with Gasteiger partial charge in [-0.1, -0.05) is 23.7 Å². The highest BCUT2D eigenvalue weighted by atomic mass is 35.5. The van der Waals surface area contributed by atoms with Crippen LogP contribution < -0.4 is 9.80 Å². The van der Waals surface area contributed by atoms with Crippen LogP contribution in [0.4, 0.5) is 15.8 Å². The zero-order valence-corrected chi connectivity index (χ0v) is 15.4. The summed E-state index contributed by atoms with van der Waals surface area (Å²) >= 11 is 6.17. The largest absolute Gasteiger partial charge is 0.369 e. The van der Waals surface area contributed by atoms with Gasteiger partial charge in [-0.15, -0.1) is 0 Å². The number of benzene rings is 2. The lowest BCUT2D eigenvalue weighted by atomic mass is 10.1. The predicted molar refractivity (Wildman–Crippen MR) is 103 cm³/mol. The van der Waals surface area contributed by atoms with E-state index in [1.807, 2.05) is 0 Å². The van der Waals surface area contributed by atoms with Crippen molar-refractivity contribution >= 4 is 34.8 Å². The van der Waals surface area contributed by atoms with Crippen LogP contribution in [0.5, 0.6) is 0 Å². The SMILES string of the molecule is O=C1CC(N2CCN(c3ccc(F)cc3)CC2)C(=O)N1c1ccccc1Cl. The highest BCUT2D eigenvalue weighted by Crippen LogP contribution is 2.31. The minimum Gasteiger partial charge on any atom is -0.369 e. The number of halogens is 2. The summed E-state index contributed by atoms with van der Waals surface area (Å²) in [5, 5.41) is 0.390. The first-order valence-corrected chi connectivity index (χ1v) is 9.28. The van der Waals surface area contributed by atoms with Crippen LogP contribution in [-0.4, -0.2) is 48.9 Å². The molecule has 4 rings (SSSR count). The van der Waals surface area contributed by atoms with Gasteiger partial charge in [0.2, 0.25) is 5.91 Å². The average Bonchev–Trinajstić information content (AvgIpc) is 2.97. The molecule has 5 nitrogen and oxygen atoms in total. The van der Waals surface area contributed by atoms with Crippen molar-refractivity contribution in [3.8, 4) is 0 Å². The Labute approximate surface area is 161 Å². The standard InChI is InChI=1S/C20H19ClFN3O2/c21-16-3-1-2-4-17(16)25-19(26)13-18(20(25)27)24-11-9-23(10-12-24)15-7-5-14(22)6-8-15/h1-8,18H,9-13H2. The van der Waals surface area contributed by atoms with E-state index in [1.165, 1.54) is 17.0 Å². The second-order valence-electron chi connectivity index (χ2n) is 6.74. The molecule has 0 spiro atoms. The zero-order valence-electron chi connectivity index (χ0n) is 14.6. The van der Waals surface area contributed by atoms with Crippen LogP contribution in [0.2, 0.25) is 5.02 Å². The number of piperazine rings is 1. The van der Waals surface area contributed by atoms with E-state index < -0.39 is 6.04 Å². The molecule has 1 unspecified atom stereocenters. The maximum atomic E-state index is 13.1. The van der Waals surface area contributed by atoms with E-state index in [9.17, 15) is 14.0 Å². The lowest BCUT2D eigenvalue weighted by Crippen LogP contribution is -2.52. The van der Waals surface area contributed by atoms with E-state index in [0.717, 1.165) is 18.8 Å². The number of carbonyl (C=O) groups is 2. The summed E-state index contributed by atoms with van der Waals surface area (Å²) in [6.45, 7) is 2.76. The quantitative estimate of drug-likeness (QED) is 0.759. The van der Waals surface area contributed by atoms with Gasteiger partial charge in [0, 0.05) is 31.9 Å². The molecule has 0 saturated carbocycles. The monoisotopic (exact) mass is 387 g/mol. The second kappa shape index (κ2) is 7.29. The summed E-state index contributed by atoms with van der Waals surface area (Å²) in [5.41, 5.74) is 1.41. The number of carbonyl (C=O) groups excluding carboxylic acids is 2. The van der Waals surface area contributed by atoms with Gasteiger partial charge in [0.15, 0.2) is 0 Å². The van der Waals surface area contributed by atoms with Gasteiger partial charge in [-0.25, -0.2) is 9.29 Å². The Morgan fingerprint density at radius 3 is 2.26 bits per heavy atom. The first-order valence-electron chi connectivity index (χ1n) is 8.90. The molecule has 2 aromatic carbocycles. The summed E-state index contributed by atoms with van der Waals surface area (Å²) in [7, 11) is 0. The van der Waals surface area contributed by atoms with Crippen molar-refractivity contribution in [1.29, 1.82) is 0 Å². The molecule has 7 heteroatoms. The minimum absolute atomic E-state index is 0.167. The summed E-state index contributed by atoms with van der Waals surface area (Å²) < 4.78 is 13.1. The van der Waals surface area contributed by atoms with Crippen molar-refractivity contribution in [3.63, 3.8) is 0 Å². The molecule has 2 aliphatic heterocycles. The molecule has 2 aromatic rings. The van der Waals surface area contributed by atoms with Gasteiger partial charge in [0.25, 0.3) is 5.91 Å². The normalized spacial score (nSPS) is 21.2. The fourth-order valence-corrected chi connectivity index (χ4v) is 3.95. The molecule has 2 aliphatic rings. The van der Waals surface area contributed by atoms with Crippen LogP contribution in [-0.2, 0) is 9.59 Å². The number of rotatable bonds is 3. The Hall–Kier alpha value is -2.44. The van der Waals surface area contributed by atoms with Crippen molar-refractivity contribution in [2.45, 2.75) is 12.5 Å². The molecule has 27 heavy (non-hydrogen) atoms. The van der Waals surface area contributed by atoms with Gasteiger partial charge in [0.1, 0.15) is 5.82 Å². The van der Waals surface area contributed by atoms with E-state index in [0.29, 0.717) is 23.8 Å². The van der Waals surface area contributed by atoms with Crippen LogP contribution in [0.1, 0.15) is 6.42 Å². The zero-order chi connectivity index (χ0) is 19.0.